The zero-order valence-corrected chi connectivity index (χ0v) is 17.0. The van der Waals surface area contributed by atoms with Gasteiger partial charge >= 0.3 is 12.0 Å². The molecule has 1 aromatic carbocycles. The maximum absolute atomic E-state index is 12.2. The Hall–Kier alpha value is -2.77. The monoisotopic (exact) mass is 390 g/mol. The van der Waals surface area contributed by atoms with E-state index in [2.05, 4.69) is 15.5 Å². The fourth-order valence-corrected chi connectivity index (χ4v) is 3.13. The van der Waals surface area contributed by atoms with Crippen LogP contribution < -0.4 is 15.5 Å². The van der Waals surface area contributed by atoms with Crippen molar-refractivity contribution in [2.24, 2.45) is 5.92 Å². The molecule has 3 amide bonds. The van der Waals surface area contributed by atoms with Crippen molar-refractivity contribution in [2.75, 3.05) is 43.5 Å². The van der Waals surface area contributed by atoms with Crippen LogP contribution in [0.25, 0.3) is 0 Å². The summed E-state index contributed by atoms with van der Waals surface area (Å²) in [4.78, 5) is 39.8. The third-order valence-electron chi connectivity index (χ3n) is 4.83. The Bertz CT molecular complexity index is 682. The average Bonchev–Trinajstić information content (AvgIpc) is 2.71. The zero-order chi connectivity index (χ0) is 20.7. The van der Waals surface area contributed by atoms with E-state index in [9.17, 15) is 14.4 Å². The highest BCUT2D eigenvalue weighted by atomic mass is 16.5. The van der Waals surface area contributed by atoms with Crippen molar-refractivity contribution >= 4 is 29.3 Å². The number of esters is 1. The van der Waals surface area contributed by atoms with Gasteiger partial charge in [-0.1, -0.05) is 20.8 Å². The number of hydrogen-bond donors (Lipinski definition) is 2. The van der Waals surface area contributed by atoms with Gasteiger partial charge in [-0.2, -0.15) is 0 Å². The van der Waals surface area contributed by atoms with Crippen molar-refractivity contribution in [3.05, 3.63) is 24.3 Å². The van der Waals surface area contributed by atoms with Crippen LogP contribution >= 0.6 is 0 Å². The molecule has 1 aliphatic heterocycles. The molecule has 2 N–H and O–H groups in total. The van der Waals surface area contributed by atoms with Crippen molar-refractivity contribution in [3.8, 4) is 0 Å². The van der Waals surface area contributed by atoms with Crippen LogP contribution in [0, 0.1) is 5.92 Å². The van der Waals surface area contributed by atoms with Crippen molar-refractivity contribution in [3.63, 3.8) is 0 Å². The average molecular weight is 390 g/mol. The summed E-state index contributed by atoms with van der Waals surface area (Å²) in [5, 5.41) is 5.38. The minimum absolute atomic E-state index is 0.0844. The van der Waals surface area contributed by atoms with Crippen LogP contribution in [-0.4, -0.2) is 62.1 Å². The summed E-state index contributed by atoms with van der Waals surface area (Å²) in [5.74, 6) is -0.364. The van der Waals surface area contributed by atoms with Crippen molar-refractivity contribution in [1.82, 2.24) is 10.2 Å². The highest BCUT2D eigenvalue weighted by Crippen LogP contribution is 2.20. The first-order valence-corrected chi connectivity index (χ1v) is 9.63. The Balaban J connectivity index is 1.90. The third-order valence-corrected chi connectivity index (χ3v) is 4.83. The topological polar surface area (TPSA) is 91.0 Å². The van der Waals surface area contributed by atoms with Crippen molar-refractivity contribution in [1.29, 1.82) is 0 Å². The van der Waals surface area contributed by atoms with Crippen LogP contribution in [0.1, 0.15) is 27.2 Å². The minimum Gasteiger partial charge on any atom is -0.467 e. The number of nitrogens with one attached hydrogen (secondary N) is 2. The molecule has 8 nitrogen and oxygen atoms in total. The largest absolute Gasteiger partial charge is 0.467 e. The van der Waals surface area contributed by atoms with Gasteiger partial charge in [0.05, 0.1) is 7.11 Å². The summed E-state index contributed by atoms with van der Waals surface area (Å²) < 4.78 is 4.73. The molecule has 0 aliphatic carbocycles. The lowest BCUT2D eigenvalue weighted by Crippen LogP contribution is -2.48. The van der Waals surface area contributed by atoms with Crippen LogP contribution in [0.3, 0.4) is 0 Å². The zero-order valence-electron chi connectivity index (χ0n) is 17.0. The van der Waals surface area contributed by atoms with Gasteiger partial charge in [0.25, 0.3) is 0 Å². The number of methoxy groups -OCH3 is 1. The number of urea groups is 1. The SMILES string of the molecule is CCC(=O)N1CCN(c2ccc(NC(=O)NC(C(=O)OC)C(C)C)cc2)CC1. The molecule has 28 heavy (non-hydrogen) atoms. The van der Waals surface area contributed by atoms with Gasteiger partial charge in [-0.3, -0.25) is 4.79 Å². The van der Waals surface area contributed by atoms with Gasteiger partial charge in [0.2, 0.25) is 5.91 Å². The van der Waals surface area contributed by atoms with E-state index in [-0.39, 0.29) is 11.8 Å². The van der Waals surface area contributed by atoms with Gasteiger partial charge in [-0.15, -0.1) is 0 Å². The van der Waals surface area contributed by atoms with E-state index in [1.54, 1.807) is 0 Å². The van der Waals surface area contributed by atoms with Crippen LogP contribution in [0.5, 0.6) is 0 Å². The fraction of sp³-hybridized carbons (Fsp3) is 0.550. The number of carbonyl (C=O) groups is 3. The summed E-state index contributed by atoms with van der Waals surface area (Å²) in [7, 11) is 1.30. The Morgan fingerprint density at radius 1 is 1.07 bits per heavy atom. The van der Waals surface area contributed by atoms with Gasteiger partial charge in [0, 0.05) is 44.0 Å². The van der Waals surface area contributed by atoms with Crippen LogP contribution in [0.2, 0.25) is 0 Å². The number of ether oxygens (including phenoxy) is 1. The molecule has 1 fully saturated rings. The maximum atomic E-state index is 12.2. The fourth-order valence-electron chi connectivity index (χ4n) is 3.13. The Kier molecular flexibility index (Phi) is 7.66. The molecule has 0 bridgehead atoms. The lowest BCUT2D eigenvalue weighted by atomic mass is 10.1. The first-order chi connectivity index (χ1) is 13.3. The summed E-state index contributed by atoms with van der Waals surface area (Å²) >= 11 is 0. The first-order valence-electron chi connectivity index (χ1n) is 9.63. The van der Waals surface area contributed by atoms with Crippen LogP contribution in [0.15, 0.2) is 24.3 Å². The van der Waals surface area contributed by atoms with Crippen molar-refractivity contribution in [2.45, 2.75) is 33.2 Å². The van der Waals surface area contributed by atoms with E-state index in [0.717, 1.165) is 31.9 Å². The normalized spacial score (nSPS) is 15.2. The van der Waals surface area contributed by atoms with Gasteiger partial charge < -0.3 is 25.2 Å². The molecule has 1 unspecified atom stereocenters. The van der Waals surface area contributed by atoms with Crippen LogP contribution in [0.4, 0.5) is 16.2 Å². The van der Waals surface area contributed by atoms with E-state index in [0.29, 0.717) is 12.1 Å². The third kappa shape index (κ3) is 5.61. The standard InChI is InChI=1S/C20H30N4O4/c1-5-17(25)24-12-10-23(11-13-24)16-8-6-15(7-9-16)21-20(27)22-18(14(2)3)19(26)28-4/h6-9,14,18H,5,10-13H2,1-4H3,(H2,21,22,27). The molecule has 0 saturated carbocycles. The van der Waals surface area contributed by atoms with Gasteiger partial charge in [0.1, 0.15) is 6.04 Å². The first kappa shape index (κ1) is 21.5. The number of piperazine rings is 1. The number of benzene rings is 1. The summed E-state index contributed by atoms with van der Waals surface area (Å²) in [6, 6.07) is 6.36. The molecule has 0 spiro atoms. The molecule has 1 aliphatic rings. The number of nitrogens with zero attached hydrogens (tertiary/aromatic N) is 2. The molecular formula is C20H30N4O4. The van der Waals surface area contributed by atoms with E-state index in [4.69, 9.17) is 4.74 Å². The predicted octanol–water partition coefficient (Wildman–Crippen LogP) is 2.06. The molecule has 0 aromatic heterocycles. The van der Waals surface area contributed by atoms with Crippen molar-refractivity contribution < 1.29 is 19.1 Å². The number of anilines is 2. The molecule has 1 aromatic rings. The molecule has 154 valence electrons. The molecule has 1 heterocycles. The minimum atomic E-state index is -0.702. The molecular weight excluding hydrogens is 360 g/mol. The highest BCUT2D eigenvalue weighted by molar-refractivity contribution is 5.92. The number of hydrogen-bond acceptors (Lipinski definition) is 5. The molecule has 0 radical (unpaired) electrons. The smallest absolute Gasteiger partial charge is 0.328 e. The molecule has 1 saturated heterocycles. The van der Waals surface area contributed by atoms with Gasteiger partial charge in [0.15, 0.2) is 0 Å². The number of rotatable bonds is 6. The van der Waals surface area contributed by atoms with E-state index in [1.165, 1.54) is 7.11 Å². The molecule has 2 rings (SSSR count). The summed E-state index contributed by atoms with van der Waals surface area (Å²) in [6.45, 7) is 8.57. The number of amides is 3. The summed E-state index contributed by atoms with van der Waals surface area (Å²) in [5.41, 5.74) is 1.68. The second kappa shape index (κ2) is 9.96. The predicted molar refractivity (Wildman–Crippen MR) is 108 cm³/mol. The molecule has 1 atom stereocenters. The Morgan fingerprint density at radius 2 is 1.68 bits per heavy atom. The number of carbonyl (C=O) groups excluding carboxylic acids is 3. The second-order valence-corrected chi connectivity index (χ2v) is 7.11. The molecule has 8 heteroatoms. The maximum Gasteiger partial charge on any atom is 0.328 e. The Morgan fingerprint density at radius 3 is 2.18 bits per heavy atom. The van der Waals surface area contributed by atoms with E-state index < -0.39 is 18.0 Å². The van der Waals surface area contributed by atoms with E-state index in [1.807, 2.05) is 49.9 Å². The highest BCUT2D eigenvalue weighted by Gasteiger charge is 2.25. The lowest BCUT2D eigenvalue weighted by Gasteiger charge is -2.36. The second-order valence-electron chi connectivity index (χ2n) is 7.11. The van der Waals surface area contributed by atoms with Gasteiger partial charge in [-0.05, 0) is 30.2 Å². The Labute approximate surface area is 166 Å². The van der Waals surface area contributed by atoms with Crippen LogP contribution in [-0.2, 0) is 14.3 Å². The lowest BCUT2D eigenvalue weighted by molar-refractivity contribution is -0.144. The quantitative estimate of drug-likeness (QED) is 0.726. The summed E-state index contributed by atoms with van der Waals surface area (Å²) in [6.07, 6.45) is 0.538. The van der Waals surface area contributed by atoms with Gasteiger partial charge in [-0.25, -0.2) is 9.59 Å². The van der Waals surface area contributed by atoms with E-state index >= 15 is 0 Å².